The highest BCUT2D eigenvalue weighted by atomic mass is 16.5. The molecule has 0 radical (unpaired) electrons. The first kappa shape index (κ1) is 20.0. The molecule has 3 aromatic carbocycles. The van der Waals surface area contributed by atoms with Crippen molar-refractivity contribution >= 4 is 0 Å². The van der Waals surface area contributed by atoms with Crippen LogP contribution in [-0.4, -0.2) is 7.11 Å². The van der Waals surface area contributed by atoms with Crippen LogP contribution >= 0.6 is 0 Å². The second-order valence-corrected chi connectivity index (χ2v) is 7.56. The van der Waals surface area contributed by atoms with Gasteiger partial charge in [-0.2, -0.15) is 0 Å². The van der Waals surface area contributed by atoms with Crippen LogP contribution in [0.5, 0.6) is 17.2 Å². The lowest BCUT2D eigenvalue weighted by atomic mass is 9.76. The summed E-state index contributed by atoms with van der Waals surface area (Å²) >= 11 is 0. The van der Waals surface area contributed by atoms with Crippen molar-refractivity contribution in [1.29, 1.82) is 0 Å². The second kappa shape index (κ2) is 9.45. The average Bonchev–Trinajstić information content (AvgIpc) is 2.75. The fourth-order valence-electron chi connectivity index (χ4n) is 3.59. The van der Waals surface area contributed by atoms with Crippen molar-refractivity contribution in [3.63, 3.8) is 0 Å². The summed E-state index contributed by atoms with van der Waals surface area (Å²) in [4.78, 5) is 0. The monoisotopic (exact) mass is 374 g/mol. The van der Waals surface area contributed by atoms with Gasteiger partial charge >= 0.3 is 0 Å². The number of aryl methyl sites for hydroxylation is 1. The molecule has 0 spiro atoms. The molecule has 0 heterocycles. The van der Waals surface area contributed by atoms with Gasteiger partial charge in [-0.05, 0) is 78.6 Å². The number of ether oxygens (including phenoxy) is 2. The molecule has 1 unspecified atom stereocenters. The number of methoxy groups -OCH3 is 1. The van der Waals surface area contributed by atoms with Gasteiger partial charge in [0.1, 0.15) is 17.2 Å². The Morgan fingerprint density at radius 3 is 2.18 bits per heavy atom. The maximum Gasteiger partial charge on any atom is 0.127 e. The molecule has 3 rings (SSSR count). The Morgan fingerprint density at radius 2 is 1.50 bits per heavy atom. The van der Waals surface area contributed by atoms with Crippen molar-refractivity contribution < 1.29 is 9.47 Å². The summed E-state index contributed by atoms with van der Waals surface area (Å²) < 4.78 is 11.3. The first-order valence-electron chi connectivity index (χ1n) is 10.1. The van der Waals surface area contributed by atoms with E-state index in [9.17, 15) is 0 Å². The van der Waals surface area contributed by atoms with Crippen molar-refractivity contribution in [2.24, 2.45) is 0 Å². The van der Waals surface area contributed by atoms with E-state index in [1.165, 1.54) is 11.1 Å². The van der Waals surface area contributed by atoms with Gasteiger partial charge in [0.2, 0.25) is 0 Å². The Labute approximate surface area is 169 Å². The lowest BCUT2D eigenvalue weighted by molar-refractivity contribution is 0.400. The number of hydrogen-bond acceptors (Lipinski definition) is 2. The van der Waals surface area contributed by atoms with E-state index in [0.717, 1.165) is 42.9 Å². The molecule has 0 amide bonds. The van der Waals surface area contributed by atoms with Gasteiger partial charge < -0.3 is 9.47 Å². The first-order valence-corrected chi connectivity index (χ1v) is 10.1. The van der Waals surface area contributed by atoms with Crippen LogP contribution < -0.4 is 9.47 Å². The third-order valence-corrected chi connectivity index (χ3v) is 5.64. The molecule has 146 valence electrons. The van der Waals surface area contributed by atoms with Crippen molar-refractivity contribution in [2.75, 3.05) is 7.11 Å². The summed E-state index contributed by atoms with van der Waals surface area (Å²) in [5.41, 5.74) is 2.89. The van der Waals surface area contributed by atoms with E-state index >= 15 is 0 Å². The highest BCUT2D eigenvalue weighted by Crippen LogP contribution is 2.34. The van der Waals surface area contributed by atoms with Crippen LogP contribution in [0.25, 0.3) is 0 Å². The van der Waals surface area contributed by atoms with Gasteiger partial charge in [-0.25, -0.2) is 0 Å². The Balaban J connectivity index is 1.60. The van der Waals surface area contributed by atoms with Gasteiger partial charge in [-0.3, -0.25) is 0 Å². The molecular weight excluding hydrogens is 344 g/mol. The third kappa shape index (κ3) is 5.16. The predicted octanol–water partition coefficient (Wildman–Crippen LogP) is 7.18. The number of rotatable bonds is 9. The SMILES string of the molecule is CCC(C)(CCCc1cccc(Oc2ccccc2)c1)c1ccc(OC)cc1. The van der Waals surface area contributed by atoms with Gasteiger partial charge in [-0.1, -0.05) is 56.3 Å². The lowest BCUT2D eigenvalue weighted by Gasteiger charge is -2.29. The highest BCUT2D eigenvalue weighted by Gasteiger charge is 2.24. The molecule has 0 aromatic heterocycles. The van der Waals surface area contributed by atoms with E-state index in [1.807, 2.05) is 36.4 Å². The Hall–Kier alpha value is -2.74. The second-order valence-electron chi connectivity index (χ2n) is 7.56. The minimum absolute atomic E-state index is 0.185. The topological polar surface area (TPSA) is 18.5 Å². The van der Waals surface area contributed by atoms with E-state index < -0.39 is 0 Å². The standard InChI is InChI=1S/C26H30O2/c1-4-26(2,22-15-17-23(27-3)18-16-22)19-9-11-21-10-8-14-25(20-21)28-24-12-6-5-7-13-24/h5-8,10,12-18,20H,4,9,11,19H2,1-3H3. The van der Waals surface area contributed by atoms with E-state index in [4.69, 9.17) is 9.47 Å². The molecule has 0 aliphatic carbocycles. The van der Waals surface area contributed by atoms with Crippen molar-refractivity contribution in [3.8, 4) is 17.2 Å². The Morgan fingerprint density at radius 1 is 0.786 bits per heavy atom. The summed E-state index contributed by atoms with van der Waals surface area (Å²) in [6.45, 7) is 4.64. The van der Waals surface area contributed by atoms with Crippen LogP contribution in [0.4, 0.5) is 0 Å². The fourth-order valence-corrected chi connectivity index (χ4v) is 3.59. The first-order chi connectivity index (χ1) is 13.6. The van der Waals surface area contributed by atoms with Crippen LogP contribution in [0, 0.1) is 0 Å². The van der Waals surface area contributed by atoms with E-state index in [1.54, 1.807) is 7.11 Å². The van der Waals surface area contributed by atoms with Gasteiger partial charge in [0.15, 0.2) is 0 Å². The normalized spacial score (nSPS) is 13.0. The largest absolute Gasteiger partial charge is 0.497 e. The van der Waals surface area contributed by atoms with Gasteiger partial charge in [0.05, 0.1) is 7.11 Å². The fraction of sp³-hybridized carbons (Fsp3) is 0.308. The molecule has 0 saturated heterocycles. The number of para-hydroxylation sites is 1. The van der Waals surface area contributed by atoms with Gasteiger partial charge in [-0.15, -0.1) is 0 Å². The van der Waals surface area contributed by atoms with Crippen LogP contribution in [0.15, 0.2) is 78.9 Å². The van der Waals surface area contributed by atoms with Crippen LogP contribution in [0.1, 0.15) is 44.2 Å². The summed E-state index contributed by atoms with van der Waals surface area (Å²) in [6, 6.07) is 26.9. The molecular formula is C26H30O2. The molecule has 0 bridgehead atoms. The maximum absolute atomic E-state index is 5.97. The average molecular weight is 375 g/mol. The molecule has 0 aliphatic rings. The van der Waals surface area contributed by atoms with Crippen LogP contribution in [0.2, 0.25) is 0 Å². The summed E-state index contributed by atoms with van der Waals surface area (Å²) in [5, 5.41) is 0. The molecule has 0 N–H and O–H groups in total. The lowest BCUT2D eigenvalue weighted by Crippen LogP contribution is -2.21. The number of hydrogen-bond donors (Lipinski definition) is 0. The molecule has 3 aromatic rings. The minimum atomic E-state index is 0.185. The molecule has 28 heavy (non-hydrogen) atoms. The Kier molecular flexibility index (Phi) is 6.76. The van der Waals surface area contributed by atoms with Crippen molar-refractivity contribution in [3.05, 3.63) is 90.0 Å². The van der Waals surface area contributed by atoms with E-state index in [-0.39, 0.29) is 5.41 Å². The molecule has 0 saturated carbocycles. The van der Waals surface area contributed by atoms with Crippen LogP contribution in [-0.2, 0) is 11.8 Å². The zero-order valence-corrected chi connectivity index (χ0v) is 17.2. The predicted molar refractivity (Wildman–Crippen MR) is 117 cm³/mol. The summed E-state index contributed by atoms with van der Waals surface area (Å²) in [5.74, 6) is 2.69. The smallest absolute Gasteiger partial charge is 0.127 e. The summed E-state index contributed by atoms with van der Waals surface area (Å²) in [7, 11) is 1.71. The highest BCUT2D eigenvalue weighted by molar-refractivity contribution is 5.34. The van der Waals surface area contributed by atoms with Gasteiger partial charge in [0.25, 0.3) is 0 Å². The van der Waals surface area contributed by atoms with E-state index in [0.29, 0.717) is 0 Å². The van der Waals surface area contributed by atoms with E-state index in [2.05, 4.69) is 56.3 Å². The quantitative estimate of drug-likeness (QED) is 0.395. The molecule has 0 aliphatic heterocycles. The zero-order valence-electron chi connectivity index (χ0n) is 17.2. The molecule has 2 heteroatoms. The zero-order chi connectivity index (χ0) is 19.8. The van der Waals surface area contributed by atoms with Crippen LogP contribution in [0.3, 0.4) is 0 Å². The van der Waals surface area contributed by atoms with Crippen molar-refractivity contribution in [1.82, 2.24) is 0 Å². The van der Waals surface area contributed by atoms with Gasteiger partial charge in [0, 0.05) is 0 Å². The molecule has 2 nitrogen and oxygen atoms in total. The van der Waals surface area contributed by atoms with Crippen molar-refractivity contribution in [2.45, 2.75) is 44.9 Å². The number of benzene rings is 3. The minimum Gasteiger partial charge on any atom is -0.497 e. The third-order valence-electron chi connectivity index (χ3n) is 5.64. The molecule has 1 atom stereocenters. The summed E-state index contributed by atoms with van der Waals surface area (Å²) in [6.07, 6.45) is 4.47. The molecule has 0 fully saturated rings. The maximum atomic E-state index is 5.97. The Bertz CT molecular complexity index is 855.